The van der Waals surface area contributed by atoms with Gasteiger partial charge in [-0.3, -0.25) is 9.78 Å². The van der Waals surface area contributed by atoms with Crippen LogP contribution in [0.25, 0.3) is 28.0 Å². The van der Waals surface area contributed by atoms with Gasteiger partial charge in [0.15, 0.2) is 17.2 Å². The highest BCUT2D eigenvalue weighted by Gasteiger charge is 2.39. The van der Waals surface area contributed by atoms with Crippen molar-refractivity contribution in [2.24, 2.45) is 0 Å². The molecule has 2 aliphatic rings. The Hall–Kier alpha value is -4.87. The summed E-state index contributed by atoms with van der Waals surface area (Å²) < 4.78 is 39.1. The van der Waals surface area contributed by atoms with Gasteiger partial charge >= 0.3 is 5.69 Å². The monoisotopic (exact) mass is 602 g/mol. The number of rotatable bonds is 4. The number of amides is 1. The molecule has 2 atom stereocenters. The van der Waals surface area contributed by atoms with Gasteiger partial charge in [-0.2, -0.15) is 4.98 Å². The maximum Gasteiger partial charge on any atom is 0.355 e. The van der Waals surface area contributed by atoms with E-state index in [-0.39, 0.29) is 53.1 Å². The van der Waals surface area contributed by atoms with Gasteiger partial charge in [-0.15, -0.1) is 0 Å². The molecule has 1 amide bonds. The number of halogens is 2. The lowest BCUT2D eigenvalue weighted by atomic mass is 10.0. The Bertz CT molecular complexity index is 1870. The second kappa shape index (κ2) is 11.0. The number of piperazine rings is 1. The van der Waals surface area contributed by atoms with Crippen LogP contribution < -0.4 is 15.3 Å². The third-order valence-electron chi connectivity index (χ3n) is 8.27. The quantitative estimate of drug-likeness (QED) is 0.337. The van der Waals surface area contributed by atoms with Gasteiger partial charge in [0, 0.05) is 31.7 Å². The first kappa shape index (κ1) is 29.2. The molecule has 0 bridgehead atoms. The predicted octanol–water partition coefficient (Wildman–Crippen LogP) is 4.63. The van der Waals surface area contributed by atoms with Crippen LogP contribution >= 0.6 is 0 Å². The molecule has 2 unspecified atom stereocenters. The maximum absolute atomic E-state index is 16.6. The topological polar surface area (TPSA) is 114 Å². The Kier molecular flexibility index (Phi) is 7.30. The third kappa shape index (κ3) is 4.56. The van der Waals surface area contributed by atoms with E-state index in [1.807, 2.05) is 32.6 Å². The minimum Gasteiger partial charge on any atom is -0.507 e. The Morgan fingerprint density at radius 3 is 2.68 bits per heavy atom. The zero-order valence-corrected chi connectivity index (χ0v) is 24.8. The molecule has 0 spiro atoms. The van der Waals surface area contributed by atoms with Gasteiger partial charge < -0.3 is 19.6 Å². The number of aromatic nitrogens is 4. The highest BCUT2D eigenvalue weighted by molar-refractivity contribution is 5.97. The molecule has 1 aromatic carbocycles. The molecule has 0 radical (unpaired) electrons. The fourth-order valence-corrected chi connectivity index (χ4v) is 6.30. The number of ether oxygens (including phenoxy) is 1. The lowest BCUT2D eigenvalue weighted by Gasteiger charge is -2.47. The van der Waals surface area contributed by atoms with Crippen LogP contribution in [0.5, 0.6) is 11.5 Å². The van der Waals surface area contributed by atoms with Crippen molar-refractivity contribution in [1.29, 1.82) is 0 Å². The van der Waals surface area contributed by atoms with Gasteiger partial charge in [0.1, 0.15) is 28.5 Å². The first-order valence-corrected chi connectivity index (χ1v) is 14.5. The molecular formula is C32H32F2N6O4. The molecule has 1 fully saturated rings. The van der Waals surface area contributed by atoms with Gasteiger partial charge in [-0.25, -0.2) is 23.1 Å². The molecule has 44 heavy (non-hydrogen) atoms. The van der Waals surface area contributed by atoms with Gasteiger partial charge in [0.25, 0.3) is 0 Å². The van der Waals surface area contributed by atoms with Gasteiger partial charge in [-0.1, -0.05) is 26.5 Å². The van der Waals surface area contributed by atoms with Crippen molar-refractivity contribution in [1.82, 2.24) is 24.4 Å². The minimum absolute atomic E-state index is 0.0236. The molecule has 3 aromatic heterocycles. The Morgan fingerprint density at radius 2 is 1.98 bits per heavy atom. The van der Waals surface area contributed by atoms with Crippen molar-refractivity contribution >= 4 is 22.8 Å². The van der Waals surface area contributed by atoms with Crippen LogP contribution in [0.2, 0.25) is 0 Å². The first-order chi connectivity index (χ1) is 21.0. The smallest absolute Gasteiger partial charge is 0.355 e. The molecule has 10 nitrogen and oxygen atoms in total. The number of anilines is 1. The number of carbonyl (C=O) groups excluding carboxylic acids is 1. The summed E-state index contributed by atoms with van der Waals surface area (Å²) in [7, 11) is 0. The van der Waals surface area contributed by atoms with Gasteiger partial charge in [-0.05, 0) is 49.6 Å². The summed E-state index contributed by atoms with van der Waals surface area (Å²) in [5.74, 6) is -2.84. The summed E-state index contributed by atoms with van der Waals surface area (Å²) in [4.78, 5) is 44.0. The van der Waals surface area contributed by atoms with Crippen molar-refractivity contribution in [3.63, 3.8) is 0 Å². The number of phenolic OH excluding ortho intramolecular Hbond substituents is 1. The van der Waals surface area contributed by atoms with Gasteiger partial charge in [0.2, 0.25) is 5.91 Å². The fourth-order valence-electron chi connectivity index (χ4n) is 6.30. The zero-order valence-electron chi connectivity index (χ0n) is 24.8. The number of benzene rings is 1. The molecule has 5 heterocycles. The van der Waals surface area contributed by atoms with Crippen molar-refractivity contribution in [2.45, 2.75) is 52.1 Å². The second-order valence-corrected chi connectivity index (χ2v) is 11.5. The molecule has 0 saturated carbocycles. The van der Waals surface area contributed by atoms with Crippen molar-refractivity contribution in [3.8, 4) is 28.4 Å². The summed E-state index contributed by atoms with van der Waals surface area (Å²) in [6, 6.07) is 4.73. The van der Waals surface area contributed by atoms with E-state index in [0.717, 1.165) is 6.07 Å². The number of aromatic hydroxyl groups is 1. The summed E-state index contributed by atoms with van der Waals surface area (Å²) in [6.07, 6.45) is 3.27. The Labute approximate surface area is 252 Å². The maximum atomic E-state index is 16.6. The van der Waals surface area contributed by atoms with Crippen LogP contribution in [0.1, 0.15) is 44.4 Å². The normalized spacial score (nSPS) is 18.1. The first-order valence-electron chi connectivity index (χ1n) is 14.5. The average Bonchev–Trinajstić information content (AvgIpc) is 2.97. The molecule has 4 aromatic rings. The van der Waals surface area contributed by atoms with Crippen LogP contribution in [0, 0.1) is 18.6 Å². The predicted molar refractivity (Wildman–Crippen MR) is 161 cm³/mol. The fraction of sp³-hybridized carbons (Fsp3) is 0.344. The van der Waals surface area contributed by atoms with E-state index in [0.29, 0.717) is 36.5 Å². The number of phenols is 1. The standard InChI is InChI=1S/C32H32F2N6O4/c1-6-22(42)38-14-18(5)39-19(15-38)11-13-44-29-24-30(36-27(25(29)34)23-20(33)8-7-9-21(23)41)40(32(43)37-31(24)39)28-17(4)10-12-35-26(28)16(2)3/h6-10,12,16,18-19,41H,1,11,13-15H2,2-5H3. The van der Waals surface area contributed by atoms with E-state index < -0.39 is 34.3 Å². The number of carbonyl (C=O) groups is 1. The Morgan fingerprint density at radius 1 is 1.20 bits per heavy atom. The van der Waals surface area contributed by atoms with E-state index in [1.165, 1.54) is 22.8 Å². The zero-order chi connectivity index (χ0) is 31.4. The average molecular weight is 603 g/mol. The second-order valence-electron chi connectivity index (χ2n) is 11.5. The van der Waals surface area contributed by atoms with E-state index in [2.05, 4.69) is 21.5 Å². The van der Waals surface area contributed by atoms with E-state index in [1.54, 1.807) is 17.2 Å². The van der Waals surface area contributed by atoms with Crippen molar-refractivity contribution < 1.29 is 23.4 Å². The van der Waals surface area contributed by atoms with Crippen LogP contribution in [-0.2, 0) is 4.79 Å². The lowest BCUT2D eigenvalue weighted by molar-refractivity contribution is -0.127. The SMILES string of the molecule is C=CC(=O)N1CC(C)N2c3nc(=O)n(-c4c(C)ccnc4C(C)C)c4nc(-c5c(O)cccc5F)c(F)c(c34)OCCC2C1. The highest BCUT2D eigenvalue weighted by atomic mass is 19.1. The number of fused-ring (bicyclic) bond motifs is 2. The molecule has 0 aliphatic carbocycles. The molecule has 6 rings (SSSR count). The molecule has 1 N–H and O–H groups in total. The number of aryl methyl sites for hydroxylation is 1. The summed E-state index contributed by atoms with van der Waals surface area (Å²) in [5.41, 5.74) is 0.0176. The van der Waals surface area contributed by atoms with Crippen LogP contribution in [0.4, 0.5) is 14.6 Å². The largest absolute Gasteiger partial charge is 0.507 e. The molecule has 12 heteroatoms. The van der Waals surface area contributed by atoms with E-state index in [9.17, 15) is 14.7 Å². The Balaban J connectivity index is 1.74. The van der Waals surface area contributed by atoms with E-state index in [4.69, 9.17) is 4.74 Å². The number of pyridine rings is 2. The van der Waals surface area contributed by atoms with Crippen LogP contribution in [-0.4, -0.2) is 67.2 Å². The van der Waals surface area contributed by atoms with Crippen LogP contribution in [0.15, 0.2) is 47.9 Å². The molecular weight excluding hydrogens is 570 g/mol. The molecule has 2 aliphatic heterocycles. The van der Waals surface area contributed by atoms with E-state index >= 15 is 8.78 Å². The minimum atomic E-state index is -0.996. The van der Waals surface area contributed by atoms with Gasteiger partial charge in [0.05, 0.1) is 29.6 Å². The number of nitrogens with zero attached hydrogens (tertiary/aromatic N) is 6. The number of hydrogen-bond donors (Lipinski definition) is 1. The molecule has 228 valence electrons. The van der Waals surface area contributed by atoms with Crippen LogP contribution in [0.3, 0.4) is 0 Å². The summed E-state index contributed by atoms with van der Waals surface area (Å²) in [6.45, 7) is 11.9. The lowest BCUT2D eigenvalue weighted by Crippen LogP contribution is -2.60. The summed E-state index contributed by atoms with van der Waals surface area (Å²) in [5, 5.41) is 10.8. The highest BCUT2D eigenvalue weighted by Crippen LogP contribution is 2.44. The third-order valence-corrected chi connectivity index (χ3v) is 8.27. The molecule has 1 saturated heterocycles. The summed E-state index contributed by atoms with van der Waals surface area (Å²) >= 11 is 0. The van der Waals surface area contributed by atoms with Crippen molar-refractivity contribution in [3.05, 3.63) is 76.5 Å². The van der Waals surface area contributed by atoms with Crippen molar-refractivity contribution in [2.75, 3.05) is 24.6 Å². The number of hydrogen-bond acceptors (Lipinski definition) is 8.